The molecule has 154 valence electrons. The minimum Gasteiger partial charge on any atom is -0.506 e. The van der Waals surface area contributed by atoms with Gasteiger partial charge in [0.25, 0.3) is 10.0 Å². The molecule has 0 fully saturated rings. The second-order valence-corrected chi connectivity index (χ2v) is 10.4. The van der Waals surface area contributed by atoms with Crippen LogP contribution in [-0.4, -0.2) is 30.4 Å². The summed E-state index contributed by atoms with van der Waals surface area (Å²) in [6, 6.07) is 13.6. The van der Waals surface area contributed by atoms with Gasteiger partial charge in [-0.3, -0.25) is 9.52 Å². The second kappa shape index (κ2) is 7.78. The second-order valence-electron chi connectivity index (χ2n) is 6.35. The highest BCUT2D eigenvalue weighted by Crippen LogP contribution is 2.41. The number of carboxylic acid groups (broad SMARTS) is 1. The highest BCUT2D eigenvalue weighted by atomic mass is 32.2. The molecule has 3 N–H and O–H groups in total. The number of sulfonamides is 1. The Hall–Kier alpha value is -2.82. The van der Waals surface area contributed by atoms with Gasteiger partial charge in [-0.05, 0) is 29.7 Å². The van der Waals surface area contributed by atoms with Gasteiger partial charge in [-0.2, -0.15) is 0 Å². The van der Waals surface area contributed by atoms with Gasteiger partial charge in [0.1, 0.15) is 15.8 Å². The molecule has 6 nitrogen and oxygen atoms in total. The van der Waals surface area contributed by atoms with E-state index in [1.165, 1.54) is 30.3 Å². The van der Waals surface area contributed by atoms with Crippen LogP contribution >= 0.6 is 23.1 Å². The highest BCUT2D eigenvalue weighted by molar-refractivity contribution is 8.00. The molecule has 0 bridgehead atoms. The molecule has 0 unspecified atom stereocenters. The predicted molar refractivity (Wildman–Crippen MR) is 117 cm³/mol. The molecule has 0 spiro atoms. The molecule has 0 atom stereocenters. The van der Waals surface area contributed by atoms with Crippen molar-refractivity contribution in [1.82, 2.24) is 0 Å². The molecule has 10 heteroatoms. The van der Waals surface area contributed by atoms with Crippen molar-refractivity contribution in [2.75, 3.05) is 10.5 Å². The number of phenolic OH excluding ortho intramolecular Hbond substituents is 1. The average molecular weight is 464 g/mol. The van der Waals surface area contributed by atoms with Crippen LogP contribution in [0.2, 0.25) is 0 Å². The fourth-order valence-electron chi connectivity index (χ4n) is 2.98. The van der Waals surface area contributed by atoms with Crippen LogP contribution in [0.25, 0.3) is 20.9 Å². The van der Waals surface area contributed by atoms with Crippen molar-refractivity contribution in [3.05, 3.63) is 60.4 Å². The standard InChI is InChI=1S/C20H14FNO5S3/c21-12-6-5-11-7-19(29-16(11)8-12)30(26,27)22-15-9-17(28-10-18(23)24)20(25)14-4-2-1-3-13(14)15/h1-9,22,25H,10H2,(H,23,24). The van der Waals surface area contributed by atoms with E-state index in [4.69, 9.17) is 5.11 Å². The molecule has 4 rings (SSSR count). The number of fused-ring (bicyclic) bond motifs is 2. The topological polar surface area (TPSA) is 104 Å². The lowest BCUT2D eigenvalue weighted by Gasteiger charge is -2.14. The van der Waals surface area contributed by atoms with Crippen molar-refractivity contribution in [3.63, 3.8) is 0 Å². The van der Waals surface area contributed by atoms with Crippen molar-refractivity contribution in [1.29, 1.82) is 0 Å². The molecule has 0 saturated carbocycles. The lowest BCUT2D eigenvalue weighted by Crippen LogP contribution is -2.12. The van der Waals surface area contributed by atoms with Crippen molar-refractivity contribution < 1.29 is 27.8 Å². The number of carboxylic acids is 1. The zero-order valence-electron chi connectivity index (χ0n) is 15.1. The van der Waals surface area contributed by atoms with Crippen LogP contribution in [0.4, 0.5) is 10.1 Å². The van der Waals surface area contributed by atoms with Crippen LogP contribution in [0.15, 0.2) is 63.7 Å². The van der Waals surface area contributed by atoms with Gasteiger partial charge in [-0.15, -0.1) is 23.1 Å². The van der Waals surface area contributed by atoms with Gasteiger partial charge < -0.3 is 10.2 Å². The number of benzene rings is 3. The monoisotopic (exact) mass is 463 g/mol. The minimum absolute atomic E-state index is 0.0139. The van der Waals surface area contributed by atoms with E-state index in [1.54, 1.807) is 24.3 Å². The van der Waals surface area contributed by atoms with Gasteiger partial charge in [-0.1, -0.05) is 30.3 Å². The largest absolute Gasteiger partial charge is 0.506 e. The van der Waals surface area contributed by atoms with Crippen LogP contribution in [-0.2, 0) is 14.8 Å². The Bertz CT molecular complexity index is 1400. The molecule has 0 amide bonds. The summed E-state index contributed by atoms with van der Waals surface area (Å²) >= 11 is 1.83. The Kier molecular flexibility index (Phi) is 5.31. The summed E-state index contributed by atoms with van der Waals surface area (Å²) in [5.74, 6) is -1.92. The first-order chi connectivity index (χ1) is 14.2. The van der Waals surface area contributed by atoms with Gasteiger partial charge in [-0.25, -0.2) is 12.8 Å². The average Bonchev–Trinajstić information content (AvgIpc) is 3.13. The number of phenols is 1. The van der Waals surface area contributed by atoms with Crippen molar-refractivity contribution in [2.24, 2.45) is 0 Å². The van der Waals surface area contributed by atoms with E-state index in [1.807, 2.05) is 0 Å². The third kappa shape index (κ3) is 3.93. The summed E-state index contributed by atoms with van der Waals surface area (Å²) in [6.45, 7) is 0. The van der Waals surface area contributed by atoms with Crippen LogP contribution in [0.5, 0.6) is 5.75 Å². The van der Waals surface area contributed by atoms with E-state index in [0.29, 0.717) is 20.9 Å². The van der Waals surface area contributed by atoms with Gasteiger partial charge >= 0.3 is 5.97 Å². The molecule has 4 aromatic rings. The minimum atomic E-state index is -4.00. The maximum absolute atomic E-state index is 13.4. The number of aliphatic carboxylic acids is 1. The van der Waals surface area contributed by atoms with Crippen molar-refractivity contribution in [3.8, 4) is 5.75 Å². The first-order valence-electron chi connectivity index (χ1n) is 8.56. The van der Waals surface area contributed by atoms with Gasteiger partial charge in [0.15, 0.2) is 0 Å². The molecule has 0 radical (unpaired) electrons. The Balaban J connectivity index is 1.79. The molecule has 3 aromatic carbocycles. The number of thiophene rings is 1. The molecular weight excluding hydrogens is 449 g/mol. The van der Waals surface area contributed by atoms with Gasteiger partial charge in [0.05, 0.1) is 16.3 Å². The maximum Gasteiger partial charge on any atom is 0.313 e. The number of carbonyl (C=O) groups is 1. The number of aromatic hydroxyl groups is 1. The summed E-state index contributed by atoms with van der Waals surface area (Å²) in [7, 11) is -4.00. The molecule has 0 aliphatic rings. The maximum atomic E-state index is 13.4. The third-order valence-electron chi connectivity index (χ3n) is 4.30. The summed E-state index contributed by atoms with van der Waals surface area (Å²) in [6.07, 6.45) is 0. The molecule has 30 heavy (non-hydrogen) atoms. The molecule has 1 heterocycles. The Morgan fingerprint density at radius 2 is 1.83 bits per heavy atom. The van der Waals surface area contributed by atoms with Gasteiger partial charge in [0.2, 0.25) is 0 Å². The van der Waals surface area contributed by atoms with Gasteiger partial charge in [0, 0.05) is 15.5 Å². The number of hydrogen-bond donors (Lipinski definition) is 3. The molecule has 1 aromatic heterocycles. The Morgan fingerprint density at radius 1 is 1.10 bits per heavy atom. The zero-order chi connectivity index (χ0) is 21.5. The van der Waals surface area contributed by atoms with E-state index >= 15 is 0 Å². The lowest BCUT2D eigenvalue weighted by atomic mass is 10.1. The SMILES string of the molecule is O=C(O)CSc1cc(NS(=O)(=O)c2cc3ccc(F)cc3s2)c2ccccc2c1O. The smallest absolute Gasteiger partial charge is 0.313 e. The number of hydrogen-bond acceptors (Lipinski definition) is 6. The number of rotatable bonds is 6. The Labute approximate surface area is 179 Å². The number of anilines is 1. The number of thioether (sulfide) groups is 1. The summed E-state index contributed by atoms with van der Waals surface area (Å²) in [4.78, 5) is 11.2. The number of nitrogens with one attached hydrogen (secondary N) is 1. The fraction of sp³-hybridized carbons (Fsp3) is 0.0500. The lowest BCUT2D eigenvalue weighted by molar-refractivity contribution is -0.133. The van der Waals surface area contributed by atoms with E-state index < -0.39 is 21.8 Å². The predicted octanol–water partition coefficient (Wildman–Crippen LogP) is 4.88. The van der Waals surface area contributed by atoms with Crippen LogP contribution in [0, 0.1) is 5.82 Å². The number of halogens is 1. The first kappa shape index (κ1) is 20.5. The molecule has 0 saturated heterocycles. The van der Waals surface area contributed by atoms with E-state index in [0.717, 1.165) is 23.1 Å². The summed E-state index contributed by atoms with van der Waals surface area (Å²) < 4.78 is 42.5. The van der Waals surface area contributed by atoms with Crippen molar-refractivity contribution >= 4 is 65.6 Å². The highest BCUT2D eigenvalue weighted by Gasteiger charge is 2.21. The fourth-order valence-corrected chi connectivity index (χ4v) is 6.20. The normalized spacial score (nSPS) is 11.8. The zero-order valence-corrected chi connectivity index (χ0v) is 17.6. The van der Waals surface area contributed by atoms with Crippen LogP contribution < -0.4 is 4.72 Å². The van der Waals surface area contributed by atoms with E-state index in [-0.39, 0.29) is 26.3 Å². The van der Waals surface area contributed by atoms with E-state index in [9.17, 15) is 22.7 Å². The summed E-state index contributed by atoms with van der Waals surface area (Å²) in [5, 5.41) is 20.9. The Morgan fingerprint density at radius 3 is 2.57 bits per heavy atom. The molecular formula is C20H14FNO5S3. The van der Waals surface area contributed by atoms with Crippen LogP contribution in [0.1, 0.15) is 0 Å². The first-order valence-corrected chi connectivity index (χ1v) is 11.8. The molecule has 0 aliphatic heterocycles. The molecule has 0 aliphatic carbocycles. The van der Waals surface area contributed by atoms with Crippen molar-refractivity contribution in [2.45, 2.75) is 9.10 Å². The van der Waals surface area contributed by atoms with Crippen LogP contribution in [0.3, 0.4) is 0 Å². The third-order valence-corrected chi connectivity index (χ3v) is 8.25. The summed E-state index contributed by atoms with van der Waals surface area (Å²) in [5.41, 5.74) is 0.208. The van der Waals surface area contributed by atoms with E-state index in [2.05, 4.69) is 4.72 Å². The quantitative estimate of drug-likeness (QED) is 0.278.